The largest absolute Gasteiger partial charge is 0.472 e. The molecule has 1 rings (SSSR count). The molecule has 0 aromatic carbocycles. The van der Waals surface area contributed by atoms with Gasteiger partial charge >= 0.3 is 7.82 Å². The fraction of sp³-hybridized carbons (Fsp3) is 0.800. The van der Waals surface area contributed by atoms with E-state index in [4.69, 9.17) is 9.05 Å². The van der Waals surface area contributed by atoms with E-state index in [1.807, 2.05) is 6.08 Å². The van der Waals surface area contributed by atoms with Crippen LogP contribution in [0.1, 0.15) is 168 Å². The first-order valence-corrected chi connectivity index (χ1v) is 24.2. The summed E-state index contributed by atoms with van der Waals surface area (Å²) in [5.41, 5.74) is 0. The van der Waals surface area contributed by atoms with E-state index in [0.717, 1.165) is 64.2 Å². The third-order valence-electron chi connectivity index (χ3n) is 10.6. The predicted octanol–water partition coefficient (Wildman–Crippen LogP) is 7.14. The maximum atomic E-state index is 13.0. The highest BCUT2D eigenvalue weighted by Gasteiger charge is 2.51. The maximum Gasteiger partial charge on any atom is 0.472 e. The second-order valence-electron chi connectivity index (χ2n) is 16.0. The van der Waals surface area contributed by atoms with Crippen molar-refractivity contribution in [3.63, 3.8) is 0 Å². The lowest BCUT2D eigenvalue weighted by Crippen LogP contribution is -2.64. The van der Waals surface area contributed by atoms with Crippen molar-refractivity contribution in [2.75, 3.05) is 6.61 Å². The Balaban J connectivity index is 2.51. The number of aliphatic hydroxyl groups excluding tert-OH is 7. The lowest BCUT2D eigenvalue weighted by atomic mass is 9.85. The molecule has 1 fully saturated rings. The van der Waals surface area contributed by atoms with Crippen molar-refractivity contribution >= 4 is 13.7 Å². The van der Waals surface area contributed by atoms with Crippen LogP contribution < -0.4 is 5.32 Å². The molecule has 0 radical (unpaired) electrons. The Labute approximate surface area is 355 Å². The number of nitrogens with one attached hydrogen (secondary N) is 1. The van der Waals surface area contributed by atoms with Crippen molar-refractivity contribution in [2.24, 2.45) is 0 Å². The third-order valence-corrected chi connectivity index (χ3v) is 11.6. The van der Waals surface area contributed by atoms with Gasteiger partial charge in [-0.05, 0) is 64.2 Å². The average molecular weight is 860 g/mol. The molecule has 0 spiro atoms. The summed E-state index contributed by atoms with van der Waals surface area (Å²) < 4.78 is 22.8. The topological polar surface area (TPSA) is 226 Å². The van der Waals surface area contributed by atoms with Gasteiger partial charge in [-0.2, -0.15) is 0 Å². The van der Waals surface area contributed by atoms with E-state index >= 15 is 0 Å². The van der Waals surface area contributed by atoms with Crippen LogP contribution in [0, 0.1) is 0 Å². The van der Waals surface area contributed by atoms with Gasteiger partial charge in [-0.1, -0.05) is 146 Å². The quantitative estimate of drug-likeness (QED) is 0.0174. The van der Waals surface area contributed by atoms with E-state index in [0.29, 0.717) is 19.3 Å². The zero-order valence-corrected chi connectivity index (χ0v) is 37.0. The standard InChI is InChI=1S/C45H82NO12P/c1-3-5-7-9-11-13-15-16-17-18-19-20-21-22-23-24-26-28-30-32-36(47)34-39(49)46-37(38(48)33-31-29-27-25-14-12-10-8-6-4-2)35-57-59(55,56)58-45-43(53)41(51)40(50)42(52)44(45)54/h6,8,14,20-21,25,31,33,36-38,40-45,47-48,50-54H,3-5,7,9-13,15-19,22-24,26-30,32,34-35H2,1-2H3,(H,46,49)(H,55,56)/b8-6+,21-20-,25-14+,33-31+. The van der Waals surface area contributed by atoms with Gasteiger partial charge in [-0.15, -0.1) is 0 Å². The van der Waals surface area contributed by atoms with Gasteiger partial charge in [0.25, 0.3) is 0 Å². The number of hydrogen-bond acceptors (Lipinski definition) is 11. The third kappa shape index (κ3) is 27.0. The molecule has 0 aliphatic heterocycles. The summed E-state index contributed by atoms with van der Waals surface area (Å²) in [5, 5.41) is 74.2. The lowest BCUT2D eigenvalue weighted by Gasteiger charge is -2.41. The summed E-state index contributed by atoms with van der Waals surface area (Å²) in [6.07, 6.45) is 26.6. The molecule has 1 saturated carbocycles. The van der Waals surface area contributed by atoms with Gasteiger partial charge in [-0.25, -0.2) is 4.57 Å². The van der Waals surface area contributed by atoms with Crippen molar-refractivity contribution < 1.29 is 59.0 Å². The number of carbonyl (C=O) groups excluding carboxylic acids is 1. The van der Waals surface area contributed by atoms with Crippen molar-refractivity contribution in [1.82, 2.24) is 5.32 Å². The molecule has 8 atom stereocenters. The Kier molecular flexibility index (Phi) is 32.6. The molecule has 14 heteroatoms. The number of phosphoric acid groups is 1. The summed E-state index contributed by atoms with van der Waals surface area (Å²) in [4.78, 5) is 23.3. The number of allylic oxidation sites excluding steroid dienone is 7. The lowest BCUT2D eigenvalue weighted by molar-refractivity contribution is -0.220. The molecular formula is C45H82NO12P. The molecule has 8 unspecified atom stereocenters. The smallest absolute Gasteiger partial charge is 0.393 e. The van der Waals surface area contributed by atoms with Crippen LogP contribution in [-0.2, 0) is 18.4 Å². The van der Waals surface area contributed by atoms with Crippen LogP contribution in [0.4, 0.5) is 0 Å². The number of phosphoric ester groups is 1. The Morgan fingerprint density at radius 1 is 0.610 bits per heavy atom. The number of aliphatic hydroxyl groups is 7. The highest BCUT2D eigenvalue weighted by atomic mass is 31.2. The molecule has 0 bridgehead atoms. The van der Waals surface area contributed by atoms with Crippen LogP contribution in [0.2, 0.25) is 0 Å². The van der Waals surface area contributed by atoms with Crippen molar-refractivity contribution in [3.05, 3.63) is 48.6 Å². The van der Waals surface area contributed by atoms with E-state index < -0.39 is 75.2 Å². The van der Waals surface area contributed by atoms with E-state index in [9.17, 15) is 50.0 Å². The van der Waals surface area contributed by atoms with Gasteiger partial charge in [0.15, 0.2) is 0 Å². The summed E-state index contributed by atoms with van der Waals surface area (Å²) in [6, 6.07) is -1.26. The van der Waals surface area contributed by atoms with Gasteiger partial charge in [0.2, 0.25) is 5.91 Å². The van der Waals surface area contributed by atoms with Crippen LogP contribution in [0.3, 0.4) is 0 Å². The Morgan fingerprint density at radius 2 is 1.05 bits per heavy atom. The number of unbranched alkanes of at least 4 members (excludes halogenated alkanes) is 17. The molecule has 9 N–H and O–H groups in total. The molecular weight excluding hydrogens is 777 g/mol. The van der Waals surface area contributed by atoms with E-state index in [-0.39, 0.29) is 6.42 Å². The van der Waals surface area contributed by atoms with Crippen molar-refractivity contribution in [1.29, 1.82) is 0 Å². The zero-order valence-electron chi connectivity index (χ0n) is 36.2. The van der Waals surface area contributed by atoms with E-state index in [1.165, 1.54) is 70.3 Å². The minimum absolute atomic E-state index is 0.263. The Bertz CT molecular complexity index is 1200. The second-order valence-corrected chi connectivity index (χ2v) is 17.4. The Hall–Kier alpha value is -1.74. The van der Waals surface area contributed by atoms with Gasteiger partial charge < -0.3 is 46.0 Å². The number of carbonyl (C=O) groups is 1. The fourth-order valence-electron chi connectivity index (χ4n) is 6.92. The van der Waals surface area contributed by atoms with Gasteiger partial charge in [0.05, 0.1) is 31.3 Å². The molecule has 1 amide bonds. The normalized spacial score (nSPS) is 24.0. The average Bonchev–Trinajstić information content (AvgIpc) is 3.21. The molecule has 1 aliphatic carbocycles. The van der Waals surface area contributed by atoms with Crippen LogP contribution in [0.5, 0.6) is 0 Å². The second kappa shape index (κ2) is 34.8. The van der Waals surface area contributed by atoms with Crippen LogP contribution in [0.25, 0.3) is 0 Å². The molecule has 0 aromatic rings. The van der Waals surface area contributed by atoms with Gasteiger partial charge in [0.1, 0.15) is 36.6 Å². The van der Waals surface area contributed by atoms with E-state index in [1.54, 1.807) is 6.08 Å². The molecule has 344 valence electrons. The zero-order chi connectivity index (χ0) is 43.7. The van der Waals surface area contributed by atoms with Gasteiger partial charge in [0, 0.05) is 0 Å². The van der Waals surface area contributed by atoms with Crippen LogP contribution in [0.15, 0.2) is 48.6 Å². The fourth-order valence-corrected chi connectivity index (χ4v) is 7.89. The predicted molar refractivity (Wildman–Crippen MR) is 233 cm³/mol. The van der Waals surface area contributed by atoms with Crippen molar-refractivity contribution in [3.8, 4) is 0 Å². The maximum absolute atomic E-state index is 13.0. The van der Waals surface area contributed by atoms with E-state index in [2.05, 4.69) is 49.5 Å². The summed E-state index contributed by atoms with van der Waals surface area (Å²) in [5.74, 6) is -0.616. The molecule has 13 nitrogen and oxygen atoms in total. The van der Waals surface area contributed by atoms with Gasteiger partial charge in [-0.3, -0.25) is 13.8 Å². The molecule has 0 saturated heterocycles. The summed E-state index contributed by atoms with van der Waals surface area (Å²) in [7, 11) is -5.15. The first kappa shape index (κ1) is 55.3. The minimum atomic E-state index is -5.15. The number of hydrogen-bond donors (Lipinski definition) is 9. The minimum Gasteiger partial charge on any atom is -0.393 e. The summed E-state index contributed by atoms with van der Waals surface area (Å²) in [6.45, 7) is 3.58. The first-order valence-electron chi connectivity index (χ1n) is 22.7. The monoisotopic (exact) mass is 860 g/mol. The molecule has 59 heavy (non-hydrogen) atoms. The highest BCUT2D eigenvalue weighted by Crippen LogP contribution is 2.47. The first-order chi connectivity index (χ1) is 28.3. The molecule has 0 aromatic heterocycles. The number of amides is 1. The van der Waals surface area contributed by atoms with Crippen LogP contribution >= 0.6 is 7.82 Å². The highest BCUT2D eigenvalue weighted by molar-refractivity contribution is 7.47. The molecule has 1 aliphatic rings. The van der Waals surface area contributed by atoms with Crippen LogP contribution in [-0.4, -0.2) is 108 Å². The Morgan fingerprint density at radius 3 is 1.58 bits per heavy atom. The number of rotatable bonds is 36. The summed E-state index contributed by atoms with van der Waals surface area (Å²) >= 11 is 0. The molecule has 0 heterocycles. The SMILES string of the molecule is CC/C=C/CC/C=C/CC/C=C/C(O)C(COP(=O)(O)OC1C(O)C(O)C(O)C(O)C1O)NC(=O)CC(O)CCCCCCC/C=C\CCCCCCCCCCCC. The van der Waals surface area contributed by atoms with Crippen molar-refractivity contribution in [2.45, 2.75) is 223 Å².